The fraction of sp³-hybridized carbons (Fsp3) is 0.423. The highest BCUT2D eigenvalue weighted by Gasteiger charge is 2.36. The number of carbonyl (C=O) groups excluding carboxylic acids is 2. The Hall–Kier alpha value is -3.35. The molecule has 1 fully saturated rings. The molecule has 3 aromatic rings. The Morgan fingerprint density at radius 1 is 1.18 bits per heavy atom. The summed E-state index contributed by atoms with van der Waals surface area (Å²) in [6.45, 7) is 6.96. The largest absolute Gasteiger partial charge is 0.489 e. The number of aromatic nitrogens is 1. The Morgan fingerprint density at radius 3 is 2.82 bits per heavy atom. The highest BCUT2D eigenvalue weighted by molar-refractivity contribution is 6.00. The summed E-state index contributed by atoms with van der Waals surface area (Å²) in [6, 6.07) is 9.30. The molecule has 2 aromatic heterocycles. The van der Waals surface area contributed by atoms with E-state index in [2.05, 4.69) is 5.16 Å². The topological polar surface area (TPSA) is 85.8 Å². The second-order valence-electron chi connectivity index (χ2n) is 9.18. The number of benzene rings is 1. The van der Waals surface area contributed by atoms with E-state index < -0.39 is 0 Å². The molecule has 1 amide bonds. The third kappa shape index (κ3) is 4.19. The smallest absolute Gasteiger partial charge is 0.289 e. The molecule has 0 unspecified atom stereocenters. The second kappa shape index (κ2) is 8.54. The predicted molar refractivity (Wildman–Crippen MR) is 121 cm³/mol. The molecule has 1 saturated heterocycles. The van der Waals surface area contributed by atoms with Crippen molar-refractivity contribution in [3.05, 3.63) is 70.0 Å². The van der Waals surface area contributed by atoms with Crippen LogP contribution in [0.2, 0.25) is 0 Å². The zero-order chi connectivity index (χ0) is 23.1. The van der Waals surface area contributed by atoms with E-state index in [1.54, 1.807) is 6.07 Å². The van der Waals surface area contributed by atoms with E-state index in [9.17, 15) is 9.59 Å². The lowest BCUT2D eigenvalue weighted by molar-refractivity contribution is 0.0391. The number of carbonyl (C=O) groups is 2. The molecule has 0 radical (unpaired) electrons. The molecule has 7 nitrogen and oxygen atoms in total. The van der Waals surface area contributed by atoms with Gasteiger partial charge in [0.25, 0.3) is 5.91 Å². The van der Waals surface area contributed by atoms with E-state index in [1.807, 2.05) is 49.9 Å². The second-order valence-corrected chi connectivity index (χ2v) is 9.18. The summed E-state index contributed by atoms with van der Waals surface area (Å²) < 4.78 is 17.3. The molecule has 0 spiro atoms. The summed E-state index contributed by atoms with van der Waals surface area (Å²) in [6.07, 6.45) is 2.48. The van der Waals surface area contributed by atoms with E-state index >= 15 is 0 Å². The zero-order valence-electron chi connectivity index (χ0n) is 19.2. The lowest BCUT2D eigenvalue weighted by Crippen LogP contribution is -2.46. The van der Waals surface area contributed by atoms with Crippen molar-refractivity contribution < 1.29 is 23.3 Å². The molecule has 4 heterocycles. The SMILES string of the molecule is Cc1ccc2c(c1)C(=O)C[C@@H]([C@H]1CCCN(C(=O)c3ccc(Cc4c(C)noc4C)o3)C1)O2. The standard InChI is InChI=1S/C26H28N2O5/c1-15-6-8-23-21(11-15)22(29)13-25(32-23)18-5-4-10-28(14-18)26(30)24-9-7-19(31-24)12-20-16(2)27-33-17(20)3/h6-9,11,18,25H,4-5,10,12-14H2,1-3H3/t18-,25-/m0/s1. The Balaban J connectivity index is 1.27. The van der Waals surface area contributed by atoms with Crippen LogP contribution in [0, 0.1) is 26.7 Å². The Kier molecular flexibility index (Phi) is 5.56. The van der Waals surface area contributed by atoms with Crippen molar-refractivity contribution in [3.8, 4) is 5.75 Å². The maximum Gasteiger partial charge on any atom is 0.289 e. The van der Waals surface area contributed by atoms with Crippen LogP contribution in [0.25, 0.3) is 0 Å². The number of rotatable bonds is 4. The minimum Gasteiger partial charge on any atom is -0.489 e. The molecule has 7 heteroatoms. The minimum atomic E-state index is -0.213. The fourth-order valence-electron chi connectivity index (χ4n) is 4.89. The monoisotopic (exact) mass is 448 g/mol. The molecule has 2 aliphatic heterocycles. The summed E-state index contributed by atoms with van der Waals surface area (Å²) in [5.41, 5.74) is 3.52. The van der Waals surface area contributed by atoms with Gasteiger partial charge >= 0.3 is 0 Å². The molecule has 1 aromatic carbocycles. The number of amides is 1. The summed E-state index contributed by atoms with van der Waals surface area (Å²) >= 11 is 0. The van der Waals surface area contributed by atoms with Gasteiger partial charge in [-0.2, -0.15) is 0 Å². The van der Waals surface area contributed by atoms with Gasteiger partial charge in [0.05, 0.1) is 11.3 Å². The number of nitrogens with zero attached hydrogens (tertiary/aromatic N) is 2. The normalized spacial score (nSPS) is 20.5. The van der Waals surface area contributed by atoms with Gasteiger partial charge in [0, 0.05) is 37.4 Å². The summed E-state index contributed by atoms with van der Waals surface area (Å²) in [7, 11) is 0. The highest BCUT2D eigenvalue weighted by Crippen LogP contribution is 2.34. The Bertz CT molecular complexity index is 1190. The number of furan rings is 1. The number of ketones is 1. The zero-order valence-corrected chi connectivity index (χ0v) is 19.2. The molecule has 33 heavy (non-hydrogen) atoms. The van der Waals surface area contributed by atoms with Gasteiger partial charge in [-0.15, -0.1) is 0 Å². The average Bonchev–Trinajstić information content (AvgIpc) is 3.41. The van der Waals surface area contributed by atoms with E-state index in [4.69, 9.17) is 13.7 Å². The first-order valence-corrected chi connectivity index (χ1v) is 11.5. The van der Waals surface area contributed by atoms with Crippen LogP contribution in [-0.4, -0.2) is 40.9 Å². The molecule has 172 valence electrons. The van der Waals surface area contributed by atoms with Crippen molar-refractivity contribution in [1.82, 2.24) is 10.1 Å². The number of fused-ring (bicyclic) bond motifs is 1. The fourth-order valence-corrected chi connectivity index (χ4v) is 4.89. The number of hydrogen-bond acceptors (Lipinski definition) is 6. The molecule has 0 bridgehead atoms. The van der Waals surface area contributed by atoms with Crippen molar-refractivity contribution in [2.45, 2.75) is 52.6 Å². The number of Topliss-reactive ketones (excluding diaryl/α,β-unsaturated/α-hetero) is 1. The van der Waals surface area contributed by atoms with Gasteiger partial charge < -0.3 is 18.6 Å². The van der Waals surface area contributed by atoms with Gasteiger partial charge in [-0.1, -0.05) is 16.8 Å². The number of aryl methyl sites for hydroxylation is 3. The number of hydrogen-bond donors (Lipinski definition) is 0. The first-order chi connectivity index (χ1) is 15.9. The lowest BCUT2D eigenvalue weighted by Gasteiger charge is -2.38. The molecule has 2 aliphatic rings. The molecular weight excluding hydrogens is 420 g/mol. The third-order valence-electron chi connectivity index (χ3n) is 6.78. The van der Waals surface area contributed by atoms with Gasteiger partial charge in [-0.25, -0.2) is 0 Å². The number of likely N-dealkylation sites (tertiary alicyclic amines) is 1. The molecule has 5 rings (SSSR count). The molecule has 0 aliphatic carbocycles. The van der Waals surface area contributed by atoms with Crippen LogP contribution in [0.5, 0.6) is 5.75 Å². The van der Waals surface area contributed by atoms with Crippen molar-refractivity contribution in [1.29, 1.82) is 0 Å². The third-order valence-corrected chi connectivity index (χ3v) is 6.78. The quantitative estimate of drug-likeness (QED) is 0.577. The highest BCUT2D eigenvalue weighted by atomic mass is 16.5. The number of ether oxygens (including phenoxy) is 1. The van der Waals surface area contributed by atoms with Crippen LogP contribution < -0.4 is 4.74 Å². The predicted octanol–water partition coefficient (Wildman–Crippen LogP) is 4.67. The maximum atomic E-state index is 13.2. The molecule has 0 saturated carbocycles. The van der Waals surface area contributed by atoms with Crippen molar-refractivity contribution in [3.63, 3.8) is 0 Å². The van der Waals surface area contributed by atoms with Gasteiger partial charge in [0.1, 0.15) is 23.4 Å². The van der Waals surface area contributed by atoms with E-state index in [1.165, 1.54) is 0 Å². The van der Waals surface area contributed by atoms with E-state index in [-0.39, 0.29) is 23.7 Å². The van der Waals surface area contributed by atoms with Gasteiger partial charge in [0.15, 0.2) is 11.5 Å². The Morgan fingerprint density at radius 2 is 2.03 bits per heavy atom. The van der Waals surface area contributed by atoms with Gasteiger partial charge in [-0.3, -0.25) is 9.59 Å². The summed E-state index contributed by atoms with van der Waals surface area (Å²) in [5, 5.41) is 3.98. The van der Waals surface area contributed by atoms with Crippen molar-refractivity contribution in [2.24, 2.45) is 5.92 Å². The van der Waals surface area contributed by atoms with Gasteiger partial charge in [-0.05, 0) is 57.9 Å². The first kappa shape index (κ1) is 21.5. The molecular formula is C26H28N2O5. The van der Waals surface area contributed by atoms with Crippen LogP contribution in [0.1, 0.15) is 68.5 Å². The van der Waals surface area contributed by atoms with E-state index in [0.717, 1.165) is 35.4 Å². The number of piperidine rings is 1. The molecule has 2 atom stereocenters. The van der Waals surface area contributed by atoms with Gasteiger partial charge in [0.2, 0.25) is 0 Å². The summed E-state index contributed by atoms with van der Waals surface area (Å²) in [4.78, 5) is 27.7. The van der Waals surface area contributed by atoms with Crippen molar-refractivity contribution in [2.75, 3.05) is 13.1 Å². The average molecular weight is 449 g/mol. The lowest BCUT2D eigenvalue weighted by atomic mass is 9.86. The Labute approximate surface area is 192 Å². The maximum absolute atomic E-state index is 13.2. The minimum absolute atomic E-state index is 0.109. The van der Waals surface area contributed by atoms with Crippen LogP contribution in [0.15, 0.2) is 39.3 Å². The molecule has 0 N–H and O–H groups in total. The summed E-state index contributed by atoms with van der Waals surface area (Å²) in [5.74, 6) is 2.55. The van der Waals surface area contributed by atoms with Crippen LogP contribution >= 0.6 is 0 Å². The van der Waals surface area contributed by atoms with Crippen LogP contribution in [-0.2, 0) is 6.42 Å². The van der Waals surface area contributed by atoms with Crippen LogP contribution in [0.4, 0.5) is 0 Å². The van der Waals surface area contributed by atoms with E-state index in [0.29, 0.717) is 48.8 Å². The van der Waals surface area contributed by atoms with Crippen LogP contribution in [0.3, 0.4) is 0 Å². The van der Waals surface area contributed by atoms with Crippen molar-refractivity contribution >= 4 is 11.7 Å². The first-order valence-electron chi connectivity index (χ1n) is 11.5.